The lowest BCUT2D eigenvalue weighted by Gasteiger charge is -2.45. The molecule has 1 amide bonds. The van der Waals surface area contributed by atoms with Gasteiger partial charge >= 0.3 is 0 Å². The van der Waals surface area contributed by atoms with E-state index in [1.807, 2.05) is 17.2 Å². The van der Waals surface area contributed by atoms with Crippen LogP contribution < -0.4 is 14.4 Å². The first-order valence-electron chi connectivity index (χ1n) is 13.7. The second-order valence-electron chi connectivity index (χ2n) is 10.9. The molecule has 2 aromatic carbocycles. The summed E-state index contributed by atoms with van der Waals surface area (Å²) >= 11 is 0. The van der Waals surface area contributed by atoms with Gasteiger partial charge in [-0.3, -0.25) is 4.79 Å². The molecule has 6 rings (SSSR count). The van der Waals surface area contributed by atoms with Gasteiger partial charge in [0.25, 0.3) is 5.91 Å². The molecule has 2 aliphatic heterocycles. The molecule has 4 aromatic rings. The van der Waals surface area contributed by atoms with Crippen molar-refractivity contribution >= 4 is 22.6 Å². The minimum absolute atomic E-state index is 0.0780. The Labute approximate surface area is 234 Å². The predicted octanol–water partition coefficient (Wildman–Crippen LogP) is 4.80. The molecule has 4 heterocycles. The molecule has 0 spiro atoms. The van der Waals surface area contributed by atoms with Crippen molar-refractivity contribution in [3.05, 3.63) is 65.5 Å². The number of aromatic amines is 1. The fraction of sp³-hybridized carbons (Fsp3) is 0.387. The van der Waals surface area contributed by atoms with Gasteiger partial charge in [-0.2, -0.15) is 0 Å². The third-order valence-electron chi connectivity index (χ3n) is 8.18. The fourth-order valence-electron chi connectivity index (χ4n) is 6.00. The monoisotopic (exact) mass is 541 g/mol. The Bertz CT molecular complexity index is 1580. The average Bonchev–Trinajstić information content (AvgIpc) is 3.46. The Morgan fingerprint density at radius 2 is 1.90 bits per heavy atom. The molecule has 9 nitrogen and oxygen atoms in total. The molecule has 1 atom stereocenters. The lowest BCUT2D eigenvalue weighted by atomic mass is 9.86. The van der Waals surface area contributed by atoms with Crippen LogP contribution in [-0.4, -0.2) is 72.3 Å². The van der Waals surface area contributed by atoms with Crippen molar-refractivity contribution in [1.82, 2.24) is 19.9 Å². The Morgan fingerprint density at radius 3 is 2.67 bits per heavy atom. The molecular weight excluding hydrogens is 506 g/mol. The van der Waals surface area contributed by atoms with Crippen molar-refractivity contribution in [2.24, 2.45) is 0 Å². The van der Waals surface area contributed by atoms with Gasteiger partial charge in [-0.15, -0.1) is 0 Å². The minimum Gasteiger partial charge on any atom is -0.493 e. The molecule has 0 aliphatic carbocycles. The second-order valence-corrected chi connectivity index (χ2v) is 10.9. The molecule has 1 N–H and O–H groups in total. The van der Waals surface area contributed by atoms with E-state index in [0.717, 1.165) is 40.1 Å². The van der Waals surface area contributed by atoms with Crippen LogP contribution in [0.25, 0.3) is 22.3 Å². The first-order chi connectivity index (χ1) is 19.3. The number of nitrogens with one attached hydrogen (secondary N) is 1. The van der Waals surface area contributed by atoms with Crippen molar-refractivity contribution in [2.75, 3.05) is 45.4 Å². The summed E-state index contributed by atoms with van der Waals surface area (Å²) in [6.45, 7) is 8.92. The van der Waals surface area contributed by atoms with E-state index in [0.29, 0.717) is 49.1 Å². The summed E-state index contributed by atoms with van der Waals surface area (Å²) in [5.74, 6) is 2.63. The number of rotatable bonds is 5. The summed E-state index contributed by atoms with van der Waals surface area (Å²) < 4.78 is 16.6. The normalized spacial score (nSPS) is 18.5. The standard InChI is InChI=1S/C31H35N5O4/c1-19-18-40-16-15-35(19)29-23-12-14-36(30(37)20-9-10-25(38-4)26(17-20)39-5)31(2,3)27(23)33-28(34-29)22-7-6-8-24-21(22)11-13-32-24/h6-11,13,17,19,32H,12,14-16,18H2,1-5H3/t19-/m1/s1. The van der Waals surface area contributed by atoms with Gasteiger partial charge in [0.05, 0.1) is 44.7 Å². The van der Waals surface area contributed by atoms with E-state index in [4.69, 9.17) is 24.2 Å². The molecule has 208 valence electrons. The predicted molar refractivity (Wildman–Crippen MR) is 154 cm³/mol. The van der Waals surface area contributed by atoms with Crippen molar-refractivity contribution in [2.45, 2.75) is 38.8 Å². The van der Waals surface area contributed by atoms with E-state index in [-0.39, 0.29) is 11.9 Å². The van der Waals surface area contributed by atoms with E-state index in [1.54, 1.807) is 32.4 Å². The number of fused-ring (bicyclic) bond motifs is 2. The minimum atomic E-state index is -0.689. The van der Waals surface area contributed by atoms with Crippen LogP contribution in [0, 0.1) is 0 Å². The van der Waals surface area contributed by atoms with E-state index in [1.165, 1.54) is 0 Å². The number of methoxy groups -OCH3 is 2. The van der Waals surface area contributed by atoms with Crippen LogP contribution in [0.5, 0.6) is 11.5 Å². The number of carbonyl (C=O) groups is 1. The van der Waals surface area contributed by atoms with E-state index >= 15 is 0 Å². The summed E-state index contributed by atoms with van der Waals surface area (Å²) in [7, 11) is 3.16. The SMILES string of the molecule is COc1ccc(C(=O)N2CCc3c(N4CCOC[C@H]4C)nc(-c4cccc5[nH]ccc45)nc3C2(C)C)cc1OC. The molecule has 2 aliphatic rings. The van der Waals surface area contributed by atoms with Gasteiger partial charge in [0.15, 0.2) is 17.3 Å². The highest BCUT2D eigenvalue weighted by molar-refractivity contribution is 5.96. The zero-order chi connectivity index (χ0) is 28.0. The smallest absolute Gasteiger partial charge is 0.254 e. The first kappa shape index (κ1) is 26.1. The van der Waals surface area contributed by atoms with Crippen LogP contribution in [-0.2, 0) is 16.7 Å². The Balaban J connectivity index is 1.49. The highest BCUT2D eigenvalue weighted by Crippen LogP contribution is 2.41. The number of ether oxygens (including phenoxy) is 3. The molecule has 9 heteroatoms. The van der Waals surface area contributed by atoms with Crippen molar-refractivity contribution in [1.29, 1.82) is 0 Å². The van der Waals surface area contributed by atoms with Gasteiger partial charge in [-0.25, -0.2) is 9.97 Å². The number of benzene rings is 2. The average molecular weight is 542 g/mol. The van der Waals surface area contributed by atoms with Gasteiger partial charge in [-0.05, 0) is 57.5 Å². The number of amides is 1. The molecular formula is C31H35N5O4. The van der Waals surface area contributed by atoms with E-state index < -0.39 is 5.54 Å². The first-order valence-corrected chi connectivity index (χ1v) is 13.7. The second kappa shape index (κ2) is 10.1. The topological polar surface area (TPSA) is 92.8 Å². The summed E-state index contributed by atoms with van der Waals surface area (Å²) in [5, 5.41) is 1.07. The molecule has 0 unspecified atom stereocenters. The number of hydrogen-bond donors (Lipinski definition) is 1. The van der Waals surface area contributed by atoms with Gasteiger partial charge < -0.3 is 29.0 Å². The van der Waals surface area contributed by atoms with Crippen LogP contribution in [0.4, 0.5) is 5.82 Å². The maximum Gasteiger partial charge on any atom is 0.254 e. The summed E-state index contributed by atoms with van der Waals surface area (Å²) in [5.41, 5.74) is 3.82. The Morgan fingerprint density at radius 1 is 1.07 bits per heavy atom. The van der Waals surface area contributed by atoms with Gasteiger partial charge in [0.2, 0.25) is 0 Å². The molecule has 40 heavy (non-hydrogen) atoms. The quantitative estimate of drug-likeness (QED) is 0.388. The highest BCUT2D eigenvalue weighted by Gasteiger charge is 2.42. The van der Waals surface area contributed by atoms with Crippen molar-refractivity contribution < 1.29 is 19.0 Å². The van der Waals surface area contributed by atoms with E-state index in [9.17, 15) is 4.79 Å². The lowest BCUT2D eigenvalue weighted by molar-refractivity contribution is 0.0500. The Kier molecular flexibility index (Phi) is 6.62. The summed E-state index contributed by atoms with van der Waals surface area (Å²) in [6.07, 6.45) is 2.59. The van der Waals surface area contributed by atoms with Gasteiger partial charge in [-0.1, -0.05) is 12.1 Å². The number of aromatic nitrogens is 3. The van der Waals surface area contributed by atoms with Crippen molar-refractivity contribution in [3.8, 4) is 22.9 Å². The molecule has 0 radical (unpaired) electrons. The van der Waals surface area contributed by atoms with Crippen molar-refractivity contribution in [3.63, 3.8) is 0 Å². The molecule has 0 saturated carbocycles. The number of anilines is 1. The molecule has 1 fully saturated rings. The zero-order valence-electron chi connectivity index (χ0n) is 23.7. The van der Waals surface area contributed by atoms with Gasteiger partial charge in [0.1, 0.15) is 5.82 Å². The molecule has 2 aromatic heterocycles. The van der Waals surface area contributed by atoms with Crippen LogP contribution >= 0.6 is 0 Å². The fourth-order valence-corrected chi connectivity index (χ4v) is 6.00. The van der Waals surface area contributed by atoms with Crippen LogP contribution in [0.1, 0.15) is 42.4 Å². The van der Waals surface area contributed by atoms with E-state index in [2.05, 4.69) is 48.9 Å². The summed E-state index contributed by atoms with van der Waals surface area (Å²) in [4.78, 5) is 32.0. The maximum atomic E-state index is 14.0. The number of carbonyl (C=O) groups excluding carboxylic acids is 1. The number of hydrogen-bond acceptors (Lipinski definition) is 7. The lowest BCUT2D eigenvalue weighted by Crippen LogP contribution is -2.52. The van der Waals surface area contributed by atoms with Crippen LogP contribution in [0.15, 0.2) is 48.7 Å². The van der Waals surface area contributed by atoms with Crippen LogP contribution in [0.2, 0.25) is 0 Å². The zero-order valence-corrected chi connectivity index (χ0v) is 23.7. The largest absolute Gasteiger partial charge is 0.493 e. The molecule has 0 bridgehead atoms. The Hall–Kier alpha value is -4.11. The van der Waals surface area contributed by atoms with Crippen LogP contribution in [0.3, 0.4) is 0 Å². The third kappa shape index (κ3) is 4.25. The summed E-state index contributed by atoms with van der Waals surface area (Å²) in [6, 6.07) is 13.7. The number of H-pyrrole nitrogens is 1. The third-order valence-corrected chi connectivity index (χ3v) is 8.18. The maximum absolute atomic E-state index is 14.0. The molecule has 1 saturated heterocycles. The highest BCUT2D eigenvalue weighted by atomic mass is 16.5. The number of nitrogens with zero attached hydrogens (tertiary/aromatic N) is 4. The van der Waals surface area contributed by atoms with Gasteiger partial charge in [0, 0.05) is 46.9 Å². The number of morpholine rings is 1.